The predicted octanol–water partition coefficient (Wildman–Crippen LogP) is 5.54. The Labute approximate surface area is 156 Å². The second-order valence-electron chi connectivity index (χ2n) is 8.29. The quantitative estimate of drug-likeness (QED) is 0.366. The van der Waals surface area contributed by atoms with Crippen LogP contribution in [-0.4, -0.2) is 4.98 Å². The van der Waals surface area contributed by atoms with Crippen molar-refractivity contribution in [3.63, 3.8) is 0 Å². The number of benzene rings is 1. The Kier molecular flexibility index (Phi) is 3.09. The average Bonchev–Trinajstić information content (AvgIpc) is 3.15. The number of aryl methyl sites for hydroxylation is 2. The number of ether oxygens (including phenoxy) is 1. The van der Waals surface area contributed by atoms with Crippen molar-refractivity contribution in [1.82, 2.24) is 4.98 Å². The van der Waals surface area contributed by atoms with Crippen molar-refractivity contribution >= 4 is 32.5 Å². The van der Waals surface area contributed by atoms with Crippen molar-refractivity contribution in [1.29, 1.82) is 0 Å². The molecule has 5 heteroatoms. The van der Waals surface area contributed by atoms with E-state index in [1.807, 2.05) is 18.5 Å². The van der Waals surface area contributed by atoms with Crippen molar-refractivity contribution in [2.24, 2.45) is 12.5 Å². The van der Waals surface area contributed by atoms with E-state index in [9.17, 15) is 0 Å². The molecule has 0 N–H and O–H groups in total. The van der Waals surface area contributed by atoms with Crippen LogP contribution in [0.4, 0.5) is 0 Å². The number of hydrogen-bond acceptors (Lipinski definition) is 4. The fourth-order valence-corrected chi connectivity index (χ4v) is 5.24. The van der Waals surface area contributed by atoms with Crippen molar-refractivity contribution in [2.45, 2.75) is 34.1 Å². The largest absolute Gasteiger partial charge is 0.464 e. The van der Waals surface area contributed by atoms with E-state index in [1.54, 1.807) is 17.6 Å². The molecule has 1 aliphatic heterocycles. The van der Waals surface area contributed by atoms with E-state index in [0.717, 1.165) is 44.7 Å². The van der Waals surface area contributed by atoms with Crippen LogP contribution in [0.1, 0.15) is 31.2 Å². The molecule has 1 aromatic carbocycles. The van der Waals surface area contributed by atoms with Gasteiger partial charge < -0.3 is 9.15 Å². The van der Waals surface area contributed by atoms with Crippen molar-refractivity contribution in [3.05, 3.63) is 35.2 Å². The minimum absolute atomic E-state index is 0.185. The Morgan fingerprint density at radius 2 is 2.08 bits per heavy atom. The summed E-state index contributed by atoms with van der Waals surface area (Å²) in [5.74, 6) is 1.84. The summed E-state index contributed by atoms with van der Waals surface area (Å²) in [5, 5.41) is 2.27. The molecule has 0 bridgehead atoms. The maximum absolute atomic E-state index is 6.48. The predicted molar refractivity (Wildman–Crippen MR) is 104 cm³/mol. The zero-order chi connectivity index (χ0) is 18.2. The number of furan rings is 1. The summed E-state index contributed by atoms with van der Waals surface area (Å²) in [6, 6.07) is 4.04. The Balaban J connectivity index is 1.88. The standard InChI is InChI=1S/C21H21N2O2S/c1-11-12-6-7-24-13(12)8-14-16(11)18-17-19(25-14)15(9-21(2,3)4)26-20(17)22-10-23(18)5/h6-8,10H,9H2,1-5H3/q+1. The van der Waals surface area contributed by atoms with E-state index in [0.29, 0.717) is 0 Å². The van der Waals surface area contributed by atoms with Gasteiger partial charge in [0.2, 0.25) is 4.83 Å². The molecule has 0 unspecified atom stereocenters. The van der Waals surface area contributed by atoms with Crippen LogP contribution in [0.15, 0.2) is 29.1 Å². The molecule has 3 aromatic heterocycles. The molecular formula is C21H21N2O2S+. The van der Waals surface area contributed by atoms with Crippen molar-refractivity contribution in [3.8, 4) is 22.8 Å². The van der Waals surface area contributed by atoms with Gasteiger partial charge in [0.05, 0.1) is 23.8 Å². The first-order valence-corrected chi connectivity index (χ1v) is 9.64. The second-order valence-corrected chi connectivity index (χ2v) is 9.37. The third-order valence-electron chi connectivity index (χ3n) is 4.97. The summed E-state index contributed by atoms with van der Waals surface area (Å²) in [6.07, 6.45) is 4.61. The summed E-state index contributed by atoms with van der Waals surface area (Å²) in [5.41, 5.74) is 4.56. The molecule has 0 saturated carbocycles. The number of aromatic nitrogens is 2. The fraction of sp³-hybridized carbons (Fsp3) is 0.333. The zero-order valence-electron chi connectivity index (χ0n) is 15.6. The highest BCUT2D eigenvalue weighted by Gasteiger charge is 2.34. The molecule has 4 aromatic rings. The van der Waals surface area contributed by atoms with Crippen LogP contribution in [0.2, 0.25) is 0 Å². The smallest absolute Gasteiger partial charge is 0.288 e. The monoisotopic (exact) mass is 365 g/mol. The van der Waals surface area contributed by atoms with Gasteiger partial charge in [0.25, 0.3) is 6.33 Å². The van der Waals surface area contributed by atoms with E-state index in [4.69, 9.17) is 9.15 Å². The number of nitrogens with zero attached hydrogens (tertiary/aromatic N) is 2. The van der Waals surface area contributed by atoms with Crippen LogP contribution >= 0.6 is 11.3 Å². The molecule has 26 heavy (non-hydrogen) atoms. The van der Waals surface area contributed by atoms with Gasteiger partial charge in [-0.25, -0.2) is 4.57 Å². The zero-order valence-corrected chi connectivity index (χ0v) is 16.5. The molecule has 0 saturated heterocycles. The molecule has 4 heterocycles. The molecule has 0 fully saturated rings. The van der Waals surface area contributed by atoms with Crippen molar-refractivity contribution < 1.29 is 13.7 Å². The summed E-state index contributed by atoms with van der Waals surface area (Å²) < 4.78 is 14.2. The summed E-state index contributed by atoms with van der Waals surface area (Å²) in [6.45, 7) is 8.91. The number of thiophene rings is 1. The van der Waals surface area contributed by atoms with Crippen LogP contribution in [-0.2, 0) is 13.5 Å². The number of hydrogen-bond donors (Lipinski definition) is 0. The lowest BCUT2D eigenvalue weighted by atomic mass is 9.90. The van der Waals surface area contributed by atoms with E-state index in [1.165, 1.54) is 16.1 Å². The van der Waals surface area contributed by atoms with Gasteiger partial charge in [-0.2, -0.15) is 0 Å². The van der Waals surface area contributed by atoms with Crippen LogP contribution < -0.4 is 9.30 Å². The van der Waals surface area contributed by atoms with Gasteiger partial charge in [-0.3, -0.25) is 0 Å². The van der Waals surface area contributed by atoms with Crippen LogP contribution in [0.3, 0.4) is 0 Å². The number of rotatable bonds is 1. The Hall–Kier alpha value is -2.40. The summed E-state index contributed by atoms with van der Waals surface area (Å²) >= 11 is 1.75. The molecule has 0 aliphatic carbocycles. The van der Waals surface area contributed by atoms with Crippen LogP contribution in [0.5, 0.6) is 11.5 Å². The molecule has 1 aliphatic rings. The molecule has 5 rings (SSSR count). The first-order valence-electron chi connectivity index (χ1n) is 8.82. The van der Waals surface area contributed by atoms with Gasteiger partial charge in [-0.05, 0) is 35.4 Å². The lowest BCUT2D eigenvalue weighted by Crippen LogP contribution is -2.32. The normalized spacial score (nSPS) is 13.3. The van der Waals surface area contributed by atoms with E-state index in [2.05, 4.69) is 44.3 Å². The van der Waals surface area contributed by atoms with Gasteiger partial charge in [0.15, 0.2) is 11.4 Å². The highest BCUT2D eigenvalue weighted by molar-refractivity contribution is 7.19. The lowest BCUT2D eigenvalue weighted by Gasteiger charge is -2.22. The molecule has 0 spiro atoms. The number of fused-ring (bicyclic) bond motifs is 3. The third-order valence-corrected chi connectivity index (χ3v) is 6.05. The summed E-state index contributed by atoms with van der Waals surface area (Å²) in [4.78, 5) is 6.98. The SMILES string of the molecule is Cc1c2c(cc3occc13)Oc1c(CC(C)(C)C)sc3nc[n+](C)c-2c13. The van der Waals surface area contributed by atoms with Crippen LogP contribution in [0.25, 0.3) is 32.4 Å². The maximum atomic E-state index is 6.48. The first-order chi connectivity index (χ1) is 12.3. The van der Waals surface area contributed by atoms with Gasteiger partial charge in [0.1, 0.15) is 16.7 Å². The maximum Gasteiger partial charge on any atom is 0.288 e. The van der Waals surface area contributed by atoms with E-state index in [-0.39, 0.29) is 5.41 Å². The second kappa shape index (κ2) is 5.07. The topological polar surface area (TPSA) is 39.1 Å². The molecule has 132 valence electrons. The van der Waals surface area contributed by atoms with Gasteiger partial charge in [-0.1, -0.05) is 32.1 Å². The van der Waals surface area contributed by atoms with Gasteiger partial charge in [-0.15, -0.1) is 0 Å². The van der Waals surface area contributed by atoms with E-state index < -0.39 is 0 Å². The Morgan fingerprint density at radius 3 is 2.85 bits per heavy atom. The Morgan fingerprint density at radius 1 is 1.27 bits per heavy atom. The minimum Gasteiger partial charge on any atom is -0.464 e. The van der Waals surface area contributed by atoms with E-state index >= 15 is 0 Å². The van der Waals surface area contributed by atoms with Gasteiger partial charge >= 0.3 is 0 Å². The lowest BCUT2D eigenvalue weighted by molar-refractivity contribution is -0.662. The summed E-state index contributed by atoms with van der Waals surface area (Å²) in [7, 11) is 2.06. The molecule has 0 amide bonds. The highest BCUT2D eigenvalue weighted by Crippen LogP contribution is 2.52. The average molecular weight is 365 g/mol. The minimum atomic E-state index is 0.185. The molecular weight excluding hydrogens is 344 g/mol. The molecule has 0 atom stereocenters. The third kappa shape index (κ3) is 2.13. The van der Waals surface area contributed by atoms with Gasteiger partial charge in [0, 0.05) is 11.5 Å². The van der Waals surface area contributed by atoms with Crippen molar-refractivity contribution in [2.75, 3.05) is 0 Å². The molecule has 0 radical (unpaired) electrons. The highest BCUT2D eigenvalue weighted by atomic mass is 32.1. The fourth-order valence-electron chi connectivity index (χ4n) is 3.87. The molecule has 4 nitrogen and oxygen atoms in total. The Bertz CT molecular complexity index is 1190. The van der Waals surface area contributed by atoms with Crippen LogP contribution in [0, 0.1) is 12.3 Å². The first kappa shape index (κ1) is 15.8.